The van der Waals surface area contributed by atoms with Gasteiger partial charge in [0.2, 0.25) is 5.91 Å². The SMILES string of the molecule is CC(C)/C=C/C(=O)NC1CCN(C)CC1. The first-order valence-corrected chi connectivity index (χ1v) is 5.75. The highest BCUT2D eigenvalue weighted by molar-refractivity contribution is 5.87. The standard InChI is InChI=1S/C12H22N2O/c1-10(2)4-5-12(15)13-11-6-8-14(3)9-7-11/h4-5,10-11H,6-9H2,1-3H3,(H,13,15)/b5-4+. The summed E-state index contributed by atoms with van der Waals surface area (Å²) in [5.41, 5.74) is 0. The van der Waals surface area contributed by atoms with Crippen LogP contribution < -0.4 is 5.32 Å². The Morgan fingerprint density at radius 3 is 2.53 bits per heavy atom. The highest BCUT2D eigenvalue weighted by atomic mass is 16.1. The predicted molar refractivity (Wildman–Crippen MR) is 62.6 cm³/mol. The molecule has 0 aromatic heterocycles. The lowest BCUT2D eigenvalue weighted by Gasteiger charge is -2.29. The Morgan fingerprint density at radius 2 is 2.00 bits per heavy atom. The second kappa shape index (κ2) is 5.91. The zero-order valence-electron chi connectivity index (χ0n) is 9.99. The summed E-state index contributed by atoms with van der Waals surface area (Å²) in [6, 6.07) is 0.366. The van der Waals surface area contributed by atoms with Gasteiger partial charge in [-0.2, -0.15) is 0 Å². The van der Waals surface area contributed by atoms with E-state index >= 15 is 0 Å². The fraction of sp³-hybridized carbons (Fsp3) is 0.750. The van der Waals surface area contributed by atoms with Crippen molar-refractivity contribution in [2.45, 2.75) is 32.7 Å². The first-order chi connectivity index (χ1) is 7.08. The summed E-state index contributed by atoms with van der Waals surface area (Å²) < 4.78 is 0. The van der Waals surface area contributed by atoms with Gasteiger partial charge in [-0.3, -0.25) is 4.79 Å². The molecule has 86 valence electrons. The van der Waals surface area contributed by atoms with Gasteiger partial charge in [0.15, 0.2) is 0 Å². The van der Waals surface area contributed by atoms with Crippen molar-refractivity contribution in [1.29, 1.82) is 0 Å². The molecule has 1 amide bonds. The fourth-order valence-corrected chi connectivity index (χ4v) is 1.68. The van der Waals surface area contributed by atoms with E-state index in [0.29, 0.717) is 12.0 Å². The van der Waals surface area contributed by atoms with Crippen LogP contribution in [-0.2, 0) is 4.79 Å². The number of amides is 1. The second-order valence-corrected chi connectivity index (χ2v) is 4.69. The maximum Gasteiger partial charge on any atom is 0.243 e. The number of carbonyl (C=O) groups excluding carboxylic acids is 1. The normalized spacial score (nSPS) is 20.0. The van der Waals surface area contributed by atoms with Crippen LogP contribution in [0.15, 0.2) is 12.2 Å². The van der Waals surface area contributed by atoms with E-state index in [9.17, 15) is 4.79 Å². The van der Waals surface area contributed by atoms with Crippen LogP contribution in [0.3, 0.4) is 0 Å². The van der Waals surface area contributed by atoms with Gasteiger partial charge >= 0.3 is 0 Å². The number of likely N-dealkylation sites (tertiary alicyclic amines) is 1. The van der Waals surface area contributed by atoms with Crippen molar-refractivity contribution in [3.05, 3.63) is 12.2 Å². The molecule has 3 nitrogen and oxygen atoms in total. The van der Waals surface area contributed by atoms with E-state index in [2.05, 4.69) is 31.1 Å². The molecule has 0 bridgehead atoms. The molecule has 1 rings (SSSR count). The van der Waals surface area contributed by atoms with Crippen LogP contribution in [0.25, 0.3) is 0 Å². The lowest BCUT2D eigenvalue weighted by molar-refractivity contribution is -0.117. The van der Waals surface area contributed by atoms with Crippen LogP contribution >= 0.6 is 0 Å². The predicted octanol–water partition coefficient (Wildman–Crippen LogP) is 1.41. The van der Waals surface area contributed by atoms with Crippen molar-refractivity contribution in [1.82, 2.24) is 10.2 Å². The minimum absolute atomic E-state index is 0.0539. The highest BCUT2D eigenvalue weighted by Crippen LogP contribution is 2.07. The Labute approximate surface area is 92.5 Å². The molecular weight excluding hydrogens is 188 g/mol. The Morgan fingerprint density at radius 1 is 1.40 bits per heavy atom. The third-order valence-electron chi connectivity index (χ3n) is 2.70. The molecule has 0 unspecified atom stereocenters. The van der Waals surface area contributed by atoms with Crippen LogP contribution in [0.1, 0.15) is 26.7 Å². The summed E-state index contributed by atoms with van der Waals surface area (Å²) in [6.45, 7) is 6.30. The lowest BCUT2D eigenvalue weighted by atomic mass is 10.1. The molecule has 1 aliphatic heterocycles. The van der Waals surface area contributed by atoms with E-state index in [4.69, 9.17) is 0 Å². The molecule has 1 aliphatic rings. The summed E-state index contributed by atoms with van der Waals surface area (Å²) in [5, 5.41) is 3.04. The Balaban J connectivity index is 2.26. The van der Waals surface area contributed by atoms with Gasteiger partial charge in [0.05, 0.1) is 0 Å². The van der Waals surface area contributed by atoms with Gasteiger partial charge in [-0.05, 0) is 45.0 Å². The van der Waals surface area contributed by atoms with Crippen molar-refractivity contribution in [3.8, 4) is 0 Å². The molecule has 0 spiro atoms. The quantitative estimate of drug-likeness (QED) is 0.714. The van der Waals surface area contributed by atoms with Crippen LogP contribution in [0.5, 0.6) is 0 Å². The lowest BCUT2D eigenvalue weighted by Crippen LogP contribution is -2.42. The molecule has 0 aliphatic carbocycles. The van der Waals surface area contributed by atoms with Crippen LogP contribution in [0.4, 0.5) is 0 Å². The maximum atomic E-state index is 11.5. The van der Waals surface area contributed by atoms with Gasteiger partial charge in [-0.25, -0.2) is 0 Å². The van der Waals surface area contributed by atoms with Gasteiger partial charge in [0, 0.05) is 6.04 Å². The molecular formula is C12H22N2O. The van der Waals surface area contributed by atoms with E-state index < -0.39 is 0 Å². The third-order valence-corrected chi connectivity index (χ3v) is 2.70. The van der Waals surface area contributed by atoms with E-state index in [1.54, 1.807) is 6.08 Å². The minimum atomic E-state index is 0.0539. The van der Waals surface area contributed by atoms with Crippen molar-refractivity contribution in [2.24, 2.45) is 5.92 Å². The molecule has 0 aromatic carbocycles. The monoisotopic (exact) mass is 210 g/mol. The van der Waals surface area contributed by atoms with Gasteiger partial charge in [-0.15, -0.1) is 0 Å². The number of piperidine rings is 1. The van der Waals surface area contributed by atoms with Crippen LogP contribution in [0.2, 0.25) is 0 Å². The number of nitrogens with one attached hydrogen (secondary N) is 1. The molecule has 1 N–H and O–H groups in total. The average Bonchev–Trinajstić information content (AvgIpc) is 2.19. The molecule has 0 aromatic rings. The van der Waals surface area contributed by atoms with E-state index in [-0.39, 0.29) is 5.91 Å². The first kappa shape index (κ1) is 12.2. The molecule has 15 heavy (non-hydrogen) atoms. The highest BCUT2D eigenvalue weighted by Gasteiger charge is 2.17. The van der Waals surface area contributed by atoms with Gasteiger partial charge in [0.25, 0.3) is 0 Å². The zero-order valence-corrected chi connectivity index (χ0v) is 9.99. The minimum Gasteiger partial charge on any atom is -0.350 e. The van der Waals surface area contributed by atoms with Gasteiger partial charge in [-0.1, -0.05) is 19.9 Å². The molecule has 1 fully saturated rings. The molecule has 0 radical (unpaired) electrons. The fourth-order valence-electron chi connectivity index (χ4n) is 1.68. The Bertz CT molecular complexity index is 228. The molecule has 3 heteroatoms. The summed E-state index contributed by atoms with van der Waals surface area (Å²) in [4.78, 5) is 13.8. The number of hydrogen-bond acceptors (Lipinski definition) is 2. The largest absolute Gasteiger partial charge is 0.350 e. The Hall–Kier alpha value is -0.830. The topological polar surface area (TPSA) is 32.3 Å². The van der Waals surface area contributed by atoms with Gasteiger partial charge < -0.3 is 10.2 Å². The maximum absolute atomic E-state index is 11.5. The number of nitrogens with zero attached hydrogens (tertiary/aromatic N) is 1. The van der Waals surface area contributed by atoms with Crippen molar-refractivity contribution >= 4 is 5.91 Å². The first-order valence-electron chi connectivity index (χ1n) is 5.75. The number of allylic oxidation sites excluding steroid dienone is 1. The summed E-state index contributed by atoms with van der Waals surface area (Å²) in [5.74, 6) is 0.492. The number of carbonyl (C=O) groups is 1. The number of hydrogen-bond donors (Lipinski definition) is 1. The van der Waals surface area contributed by atoms with Crippen molar-refractivity contribution < 1.29 is 4.79 Å². The zero-order chi connectivity index (χ0) is 11.3. The van der Waals surface area contributed by atoms with E-state index in [1.807, 2.05) is 6.08 Å². The van der Waals surface area contributed by atoms with Crippen LogP contribution in [-0.4, -0.2) is 37.0 Å². The third kappa shape index (κ3) is 4.98. The molecule has 1 saturated heterocycles. The summed E-state index contributed by atoms with van der Waals surface area (Å²) in [7, 11) is 2.12. The second-order valence-electron chi connectivity index (χ2n) is 4.69. The van der Waals surface area contributed by atoms with Crippen molar-refractivity contribution in [3.63, 3.8) is 0 Å². The summed E-state index contributed by atoms with van der Waals surface area (Å²) >= 11 is 0. The smallest absolute Gasteiger partial charge is 0.243 e. The average molecular weight is 210 g/mol. The van der Waals surface area contributed by atoms with Gasteiger partial charge in [0.1, 0.15) is 0 Å². The van der Waals surface area contributed by atoms with Crippen LogP contribution in [0, 0.1) is 5.92 Å². The number of rotatable bonds is 3. The summed E-state index contributed by atoms with van der Waals surface area (Å²) in [6.07, 6.45) is 5.72. The molecule has 0 saturated carbocycles. The Kier molecular flexibility index (Phi) is 4.82. The van der Waals surface area contributed by atoms with Crippen molar-refractivity contribution in [2.75, 3.05) is 20.1 Å². The van der Waals surface area contributed by atoms with E-state index in [0.717, 1.165) is 25.9 Å². The van der Waals surface area contributed by atoms with E-state index in [1.165, 1.54) is 0 Å². The molecule has 0 atom stereocenters. The molecule has 1 heterocycles.